The fraction of sp³-hybridized carbons (Fsp3) is 0.536. The zero-order chi connectivity index (χ0) is 30.0. The van der Waals surface area contributed by atoms with Gasteiger partial charge in [-0.1, -0.05) is 31.4 Å². The lowest BCUT2D eigenvalue weighted by Gasteiger charge is -2.19. The largest absolute Gasteiger partial charge is 0.458 e. The van der Waals surface area contributed by atoms with Crippen LogP contribution >= 0.6 is 47.0 Å². The predicted molar refractivity (Wildman–Crippen MR) is 167 cm³/mol. The molecule has 10 nitrogen and oxygen atoms in total. The Labute approximate surface area is 263 Å². The summed E-state index contributed by atoms with van der Waals surface area (Å²) < 4.78 is 27.5. The molecule has 2 aliphatic rings. The zero-order valence-corrected chi connectivity index (χ0v) is 26.4. The highest BCUT2D eigenvalue weighted by Crippen LogP contribution is 2.30. The Hall–Kier alpha value is -1.65. The molecule has 42 heavy (non-hydrogen) atoms. The maximum Gasteiger partial charge on any atom is 0.338 e. The number of esters is 3. The summed E-state index contributed by atoms with van der Waals surface area (Å²) in [5.41, 5.74) is 0.779. The lowest BCUT2D eigenvalue weighted by atomic mass is 10.1. The zero-order valence-electron chi connectivity index (χ0n) is 23.2. The first-order valence-corrected chi connectivity index (χ1v) is 17.6. The van der Waals surface area contributed by atoms with Crippen molar-refractivity contribution in [3.8, 4) is 0 Å². The standard InChI is InChI=1S/C28H36O10S4/c1-3-26(29)37-21(10-32-14-23-16-39-18-41-23)12-34-28(31)25-8-6-5-7-20(25)9-35-36-13-22(38-27(30)4-2)11-33-15-24-17-40-19-42-24/h3-8,21-24H,1-2,9-19H2. The van der Waals surface area contributed by atoms with E-state index in [1.165, 1.54) is 0 Å². The van der Waals surface area contributed by atoms with E-state index < -0.39 is 30.1 Å². The maximum absolute atomic E-state index is 12.9. The minimum absolute atomic E-state index is 0.0702. The van der Waals surface area contributed by atoms with Crippen LogP contribution in [0.3, 0.4) is 0 Å². The van der Waals surface area contributed by atoms with Gasteiger partial charge in [-0.25, -0.2) is 24.2 Å². The average Bonchev–Trinajstić information content (AvgIpc) is 3.72. The number of thioether (sulfide) groups is 4. The first-order chi connectivity index (χ1) is 20.5. The van der Waals surface area contributed by atoms with Gasteiger partial charge in [0.1, 0.15) is 19.8 Å². The minimum atomic E-state index is -0.784. The molecule has 0 amide bonds. The Morgan fingerprint density at radius 3 is 1.93 bits per heavy atom. The van der Waals surface area contributed by atoms with Gasteiger partial charge in [0.25, 0.3) is 0 Å². The third-order valence-corrected chi connectivity index (χ3v) is 11.4. The van der Waals surface area contributed by atoms with Crippen molar-refractivity contribution in [3.63, 3.8) is 0 Å². The predicted octanol–water partition coefficient (Wildman–Crippen LogP) is 4.13. The van der Waals surface area contributed by atoms with E-state index in [4.69, 9.17) is 33.5 Å². The molecule has 232 valence electrons. The number of hydrogen-bond donors (Lipinski definition) is 0. The van der Waals surface area contributed by atoms with Gasteiger partial charge in [-0.05, 0) is 11.6 Å². The Balaban J connectivity index is 1.45. The molecule has 2 saturated heterocycles. The average molecular weight is 661 g/mol. The van der Waals surface area contributed by atoms with E-state index in [-0.39, 0.29) is 38.6 Å². The van der Waals surface area contributed by atoms with Gasteiger partial charge in [0.2, 0.25) is 0 Å². The van der Waals surface area contributed by atoms with E-state index in [0.29, 0.717) is 29.3 Å². The molecule has 1 aromatic carbocycles. The van der Waals surface area contributed by atoms with Crippen molar-refractivity contribution in [2.24, 2.45) is 0 Å². The van der Waals surface area contributed by atoms with Crippen LogP contribution in [0.25, 0.3) is 0 Å². The van der Waals surface area contributed by atoms with E-state index >= 15 is 0 Å². The van der Waals surface area contributed by atoms with E-state index in [2.05, 4.69) is 13.2 Å². The minimum Gasteiger partial charge on any atom is -0.458 e. The molecule has 0 bridgehead atoms. The smallest absolute Gasteiger partial charge is 0.338 e. The number of hydrogen-bond acceptors (Lipinski definition) is 14. The van der Waals surface area contributed by atoms with Crippen LogP contribution in [-0.4, -0.2) is 102 Å². The van der Waals surface area contributed by atoms with Crippen LogP contribution in [0.5, 0.6) is 0 Å². The van der Waals surface area contributed by atoms with E-state index in [1.807, 2.05) is 47.0 Å². The molecule has 4 atom stereocenters. The van der Waals surface area contributed by atoms with Gasteiger partial charge in [-0.15, -0.1) is 47.0 Å². The van der Waals surface area contributed by atoms with Gasteiger partial charge in [-0.3, -0.25) is 0 Å². The Morgan fingerprint density at radius 2 is 1.38 bits per heavy atom. The Morgan fingerprint density at radius 1 is 0.810 bits per heavy atom. The third-order valence-electron chi connectivity index (χ3n) is 5.68. The highest BCUT2D eigenvalue weighted by Gasteiger charge is 2.22. The summed E-state index contributed by atoms with van der Waals surface area (Å²) in [4.78, 5) is 47.1. The molecule has 0 aromatic heterocycles. The first kappa shape index (κ1) is 34.8. The summed E-state index contributed by atoms with van der Waals surface area (Å²) in [6.45, 7) is 7.81. The van der Waals surface area contributed by atoms with E-state index in [1.54, 1.807) is 24.3 Å². The van der Waals surface area contributed by atoms with Gasteiger partial charge in [0.15, 0.2) is 12.2 Å². The SMILES string of the molecule is C=CC(=O)OC(COCC1CSCS1)COOCc1ccccc1C(=O)OCC(COCC1CSCS1)OC(=O)C=C. The Bertz CT molecular complexity index is 1010. The molecular weight excluding hydrogens is 625 g/mol. The molecule has 2 heterocycles. The van der Waals surface area contributed by atoms with Gasteiger partial charge < -0.3 is 23.7 Å². The number of rotatable bonds is 20. The van der Waals surface area contributed by atoms with E-state index in [9.17, 15) is 14.4 Å². The second kappa shape index (κ2) is 20.3. The molecule has 0 saturated carbocycles. The molecule has 4 unspecified atom stereocenters. The highest BCUT2D eigenvalue weighted by atomic mass is 32.2. The Kier molecular flexibility index (Phi) is 16.9. The molecule has 3 rings (SSSR count). The van der Waals surface area contributed by atoms with Crippen molar-refractivity contribution in [2.45, 2.75) is 29.3 Å². The number of benzene rings is 1. The molecule has 0 N–H and O–H groups in total. The van der Waals surface area contributed by atoms with Crippen LogP contribution in [0.4, 0.5) is 0 Å². The van der Waals surface area contributed by atoms with Gasteiger partial charge in [-0.2, -0.15) is 0 Å². The lowest BCUT2D eigenvalue weighted by Crippen LogP contribution is -2.30. The fourth-order valence-corrected chi connectivity index (χ4v) is 9.11. The second-order valence-corrected chi connectivity index (χ2v) is 14.3. The van der Waals surface area contributed by atoms with Gasteiger partial charge >= 0.3 is 17.9 Å². The summed E-state index contributed by atoms with van der Waals surface area (Å²) in [5.74, 6) is 0.189. The van der Waals surface area contributed by atoms with Gasteiger partial charge in [0, 0.05) is 44.3 Å². The molecule has 0 spiro atoms. The normalized spacial score (nSPS) is 19.5. The van der Waals surface area contributed by atoms with Crippen LogP contribution < -0.4 is 0 Å². The maximum atomic E-state index is 12.9. The molecule has 2 aliphatic heterocycles. The van der Waals surface area contributed by atoms with Crippen molar-refractivity contribution in [3.05, 3.63) is 60.7 Å². The summed E-state index contributed by atoms with van der Waals surface area (Å²) in [6, 6.07) is 6.74. The number of carbonyl (C=O) groups is 3. The van der Waals surface area contributed by atoms with Crippen LogP contribution in [0, 0.1) is 0 Å². The van der Waals surface area contributed by atoms with E-state index in [0.717, 1.165) is 33.8 Å². The van der Waals surface area contributed by atoms with Crippen molar-refractivity contribution in [1.29, 1.82) is 0 Å². The molecular formula is C28H36O10S4. The van der Waals surface area contributed by atoms with Crippen LogP contribution in [0.15, 0.2) is 49.6 Å². The van der Waals surface area contributed by atoms with Gasteiger partial charge in [0.05, 0.1) is 32.0 Å². The van der Waals surface area contributed by atoms with Crippen molar-refractivity contribution >= 4 is 65.0 Å². The summed E-state index contributed by atoms with van der Waals surface area (Å²) >= 11 is 7.38. The summed E-state index contributed by atoms with van der Waals surface area (Å²) in [6.07, 6.45) is 0.641. The topological polar surface area (TPSA) is 116 Å². The number of carbonyl (C=O) groups excluding carboxylic acids is 3. The van der Waals surface area contributed by atoms with Crippen molar-refractivity contribution in [2.75, 3.05) is 61.3 Å². The molecule has 2 fully saturated rings. The quantitative estimate of drug-likeness (QED) is 0.0498. The lowest BCUT2D eigenvalue weighted by molar-refractivity contribution is -0.316. The monoisotopic (exact) mass is 660 g/mol. The summed E-state index contributed by atoms with van der Waals surface area (Å²) in [5, 5.41) is 2.87. The molecule has 0 radical (unpaired) electrons. The molecule has 0 aliphatic carbocycles. The molecule has 1 aromatic rings. The van der Waals surface area contributed by atoms with Crippen molar-refractivity contribution in [1.82, 2.24) is 0 Å². The third kappa shape index (κ3) is 13.3. The van der Waals surface area contributed by atoms with Crippen LogP contribution in [-0.2, 0) is 49.7 Å². The van der Waals surface area contributed by atoms with Crippen LogP contribution in [0.2, 0.25) is 0 Å². The summed E-state index contributed by atoms with van der Waals surface area (Å²) in [7, 11) is 0. The molecule has 14 heteroatoms. The highest BCUT2D eigenvalue weighted by molar-refractivity contribution is 8.19. The first-order valence-electron chi connectivity index (χ1n) is 13.2. The van der Waals surface area contributed by atoms with Crippen molar-refractivity contribution < 1.29 is 47.8 Å². The van der Waals surface area contributed by atoms with Crippen LogP contribution in [0.1, 0.15) is 15.9 Å². The fourth-order valence-electron chi connectivity index (χ4n) is 3.58. The second-order valence-electron chi connectivity index (χ2n) is 8.96. The number of ether oxygens (including phenoxy) is 5.